The Morgan fingerprint density at radius 2 is 1.96 bits per heavy atom. The number of carbonyl (C=O) groups excluding carboxylic acids is 1. The summed E-state index contributed by atoms with van der Waals surface area (Å²) in [5.41, 5.74) is 4.07. The standard InChI is InChI=1S/C18H14N4OS/c1-12-3-2-4-15(9-12)20-17(23)22-18-21-16(11-24-18)14-7-5-13(10-19)6-8-14/h2-9,11H,1H3,(H2,20,21,22,23). The Balaban J connectivity index is 1.67. The van der Waals surface area contributed by atoms with Crippen LogP contribution in [0, 0.1) is 18.3 Å². The van der Waals surface area contributed by atoms with Crippen LogP contribution in [-0.4, -0.2) is 11.0 Å². The maximum Gasteiger partial charge on any atom is 0.325 e. The minimum Gasteiger partial charge on any atom is -0.308 e. The number of rotatable bonds is 3. The Kier molecular flexibility index (Phi) is 4.54. The van der Waals surface area contributed by atoms with Gasteiger partial charge in [0.15, 0.2) is 5.13 Å². The molecule has 0 atom stereocenters. The Morgan fingerprint density at radius 3 is 2.67 bits per heavy atom. The number of thiazole rings is 1. The lowest BCUT2D eigenvalue weighted by Gasteiger charge is -2.05. The van der Waals surface area contributed by atoms with Crippen molar-refractivity contribution >= 4 is 28.2 Å². The lowest BCUT2D eigenvalue weighted by molar-refractivity contribution is 0.262. The number of nitrogens with one attached hydrogen (secondary N) is 2. The van der Waals surface area contributed by atoms with Crippen LogP contribution >= 0.6 is 11.3 Å². The van der Waals surface area contributed by atoms with E-state index in [1.165, 1.54) is 11.3 Å². The Hall–Kier alpha value is -3.17. The number of aromatic nitrogens is 1. The van der Waals surface area contributed by atoms with Crippen molar-refractivity contribution in [2.24, 2.45) is 0 Å². The molecule has 0 aliphatic heterocycles. The molecule has 0 fully saturated rings. The molecule has 6 heteroatoms. The summed E-state index contributed by atoms with van der Waals surface area (Å²) in [6.45, 7) is 1.97. The van der Waals surface area contributed by atoms with Gasteiger partial charge in [0.1, 0.15) is 0 Å². The zero-order valence-electron chi connectivity index (χ0n) is 12.9. The second-order valence-corrected chi connectivity index (χ2v) is 6.03. The van der Waals surface area contributed by atoms with E-state index in [0.29, 0.717) is 10.7 Å². The van der Waals surface area contributed by atoms with Crippen molar-refractivity contribution < 1.29 is 4.79 Å². The number of nitriles is 1. The molecule has 0 saturated carbocycles. The van der Waals surface area contributed by atoms with E-state index in [-0.39, 0.29) is 6.03 Å². The number of anilines is 2. The first-order valence-corrected chi connectivity index (χ1v) is 8.13. The summed E-state index contributed by atoms with van der Waals surface area (Å²) in [6.07, 6.45) is 0. The highest BCUT2D eigenvalue weighted by atomic mass is 32.1. The van der Waals surface area contributed by atoms with Gasteiger partial charge in [-0.15, -0.1) is 11.3 Å². The number of aryl methyl sites for hydroxylation is 1. The highest BCUT2D eigenvalue weighted by Crippen LogP contribution is 2.25. The molecule has 0 radical (unpaired) electrons. The van der Waals surface area contributed by atoms with Crippen molar-refractivity contribution in [3.05, 3.63) is 65.0 Å². The van der Waals surface area contributed by atoms with E-state index >= 15 is 0 Å². The van der Waals surface area contributed by atoms with E-state index in [2.05, 4.69) is 21.7 Å². The fraction of sp³-hybridized carbons (Fsp3) is 0.0556. The fourth-order valence-electron chi connectivity index (χ4n) is 2.16. The molecule has 0 aliphatic rings. The van der Waals surface area contributed by atoms with E-state index in [1.54, 1.807) is 12.1 Å². The number of hydrogen-bond donors (Lipinski definition) is 2. The summed E-state index contributed by atoms with van der Waals surface area (Å²) < 4.78 is 0. The molecule has 0 bridgehead atoms. The molecule has 2 amide bonds. The van der Waals surface area contributed by atoms with Gasteiger partial charge in [0.05, 0.1) is 17.3 Å². The molecule has 0 unspecified atom stereocenters. The van der Waals surface area contributed by atoms with Crippen LogP contribution in [0.4, 0.5) is 15.6 Å². The van der Waals surface area contributed by atoms with Gasteiger partial charge in [0.2, 0.25) is 0 Å². The maximum atomic E-state index is 12.0. The quantitative estimate of drug-likeness (QED) is 0.733. The lowest BCUT2D eigenvalue weighted by Crippen LogP contribution is -2.19. The molecule has 0 saturated heterocycles. The molecule has 1 aromatic heterocycles. The number of hydrogen-bond acceptors (Lipinski definition) is 4. The third-order valence-electron chi connectivity index (χ3n) is 3.31. The molecular weight excluding hydrogens is 320 g/mol. The summed E-state index contributed by atoms with van der Waals surface area (Å²) in [4.78, 5) is 16.4. The lowest BCUT2D eigenvalue weighted by atomic mass is 10.1. The first-order chi connectivity index (χ1) is 11.6. The van der Waals surface area contributed by atoms with E-state index < -0.39 is 0 Å². The summed E-state index contributed by atoms with van der Waals surface area (Å²) in [5, 5.41) is 16.7. The van der Waals surface area contributed by atoms with Gasteiger partial charge in [-0.25, -0.2) is 9.78 Å². The summed E-state index contributed by atoms with van der Waals surface area (Å²) in [5.74, 6) is 0. The molecule has 118 valence electrons. The molecule has 1 heterocycles. The first kappa shape index (κ1) is 15.7. The Morgan fingerprint density at radius 1 is 1.17 bits per heavy atom. The van der Waals surface area contributed by atoms with Crippen molar-refractivity contribution in [1.82, 2.24) is 4.98 Å². The minimum atomic E-state index is -0.332. The van der Waals surface area contributed by atoms with Crippen LogP contribution in [0.1, 0.15) is 11.1 Å². The fourth-order valence-corrected chi connectivity index (χ4v) is 2.88. The molecule has 0 aliphatic carbocycles. The monoisotopic (exact) mass is 334 g/mol. The van der Waals surface area contributed by atoms with Gasteiger partial charge in [-0.05, 0) is 36.8 Å². The number of urea groups is 1. The average Bonchev–Trinajstić information content (AvgIpc) is 3.03. The SMILES string of the molecule is Cc1cccc(NC(=O)Nc2nc(-c3ccc(C#N)cc3)cs2)c1. The van der Waals surface area contributed by atoms with Gasteiger partial charge < -0.3 is 5.32 Å². The van der Waals surface area contributed by atoms with Crippen molar-refractivity contribution in [2.45, 2.75) is 6.92 Å². The summed E-state index contributed by atoms with van der Waals surface area (Å²) in [7, 11) is 0. The topological polar surface area (TPSA) is 77.8 Å². The molecule has 0 spiro atoms. The van der Waals surface area contributed by atoms with Crippen LogP contribution in [0.2, 0.25) is 0 Å². The van der Waals surface area contributed by atoms with Gasteiger partial charge in [0.25, 0.3) is 0 Å². The zero-order chi connectivity index (χ0) is 16.9. The van der Waals surface area contributed by atoms with Gasteiger partial charge in [-0.2, -0.15) is 5.26 Å². The van der Waals surface area contributed by atoms with Crippen LogP contribution in [-0.2, 0) is 0 Å². The highest BCUT2D eigenvalue weighted by molar-refractivity contribution is 7.14. The summed E-state index contributed by atoms with van der Waals surface area (Å²) >= 11 is 1.35. The van der Waals surface area contributed by atoms with Crippen LogP contribution in [0.5, 0.6) is 0 Å². The molecule has 2 N–H and O–H groups in total. The molecule has 3 rings (SSSR count). The smallest absolute Gasteiger partial charge is 0.308 e. The van der Waals surface area contributed by atoms with Gasteiger partial charge in [0, 0.05) is 16.6 Å². The second-order valence-electron chi connectivity index (χ2n) is 5.18. The molecular formula is C18H14N4OS. The van der Waals surface area contributed by atoms with Crippen LogP contribution in [0.3, 0.4) is 0 Å². The Bertz CT molecular complexity index is 909. The third-order valence-corrected chi connectivity index (χ3v) is 4.07. The van der Waals surface area contributed by atoms with E-state index in [0.717, 1.165) is 22.5 Å². The number of carbonyl (C=O) groups is 1. The predicted octanol–water partition coefficient (Wildman–Crippen LogP) is 4.63. The predicted molar refractivity (Wildman–Crippen MR) is 96.1 cm³/mol. The highest BCUT2D eigenvalue weighted by Gasteiger charge is 2.08. The number of nitrogens with zero attached hydrogens (tertiary/aromatic N) is 2. The molecule has 24 heavy (non-hydrogen) atoms. The van der Waals surface area contributed by atoms with E-state index in [9.17, 15) is 4.79 Å². The van der Waals surface area contributed by atoms with Crippen molar-refractivity contribution in [3.63, 3.8) is 0 Å². The third kappa shape index (κ3) is 3.77. The molecule has 2 aromatic carbocycles. The second kappa shape index (κ2) is 6.94. The van der Waals surface area contributed by atoms with Crippen LogP contribution in [0.25, 0.3) is 11.3 Å². The average molecular weight is 334 g/mol. The van der Waals surface area contributed by atoms with Gasteiger partial charge >= 0.3 is 6.03 Å². The normalized spacial score (nSPS) is 10.0. The van der Waals surface area contributed by atoms with E-state index in [4.69, 9.17) is 5.26 Å². The maximum absolute atomic E-state index is 12.0. The molecule has 3 aromatic rings. The van der Waals surface area contributed by atoms with Crippen molar-refractivity contribution in [2.75, 3.05) is 10.6 Å². The molecule has 5 nitrogen and oxygen atoms in total. The Labute approximate surface area is 143 Å². The van der Waals surface area contributed by atoms with Crippen molar-refractivity contribution in [3.8, 4) is 17.3 Å². The number of amides is 2. The zero-order valence-corrected chi connectivity index (χ0v) is 13.7. The minimum absolute atomic E-state index is 0.332. The van der Waals surface area contributed by atoms with Crippen LogP contribution < -0.4 is 10.6 Å². The number of benzene rings is 2. The van der Waals surface area contributed by atoms with Gasteiger partial charge in [-0.1, -0.05) is 24.3 Å². The van der Waals surface area contributed by atoms with Crippen LogP contribution in [0.15, 0.2) is 53.9 Å². The van der Waals surface area contributed by atoms with Gasteiger partial charge in [-0.3, -0.25) is 5.32 Å². The largest absolute Gasteiger partial charge is 0.325 e. The first-order valence-electron chi connectivity index (χ1n) is 7.25. The summed E-state index contributed by atoms with van der Waals surface area (Å²) in [6, 6.07) is 16.5. The van der Waals surface area contributed by atoms with Crippen molar-refractivity contribution in [1.29, 1.82) is 5.26 Å². The van der Waals surface area contributed by atoms with E-state index in [1.807, 2.05) is 48.7 Å².